The Hall–Kier alpha value is -3.20. The number of amides is 1. The molecule has 2 aromatic rings. The van der Waals surface area contributed by atoms with Gasteiger partial charge in [-0.05, 0) is 31.2 Å². The van der Waals surface area contributed by atoms with Crippen molar-refractivity contribution in [2.24, 2.45) is 11.3 Å². The largest absolute Gasteiger partial charge is 0.481 e. The van der Waals surface area contributed by atoms with E-state index in [0.717, 1.165) is 24.0 Å². The zero-order valence-electron chi connectivity index (χ0n) is 18.8. The third-order valence-electron chi connectivity index (χ3n) is 6.33. The molecule has 1 aliphatic rings. The Morgan fingerprint density at radius 1 is 1.12 bits per heavy atom. The number of carbonyl (C=O) groups excluding carboxylic acids is 1. The fourth-order valence-corrected chi connectivity index (χ4v) is 4.52. The van der Waals surface area contributed by atoms with Gasteiger partial charge in [-0.15, -0.1) is 0 Å². The van der Waals surface area contributed by atoms with Crippen LogP contribution in [0.15, 0.2) is 42.7 Å². The van der Waals surface area contributed by atoms with Crippen LogP contribution in [0.2, 0.25) is 0 Å². The van der Waals surface area contributed by atoms with E-state index in [4.69, 9.17) is 4.84 Å². The molecule has 1 heterocycles. The van der Waals surface area contributed by atoms with Gasteiger partial charge in [-0.1, -0.05) is 56.5 Å². The Morgan fingerprint density at radius 2 is 1.82 bits per heavy atom. The van der Waals surface area contributed by atoms with Crippen molar-refractivity contribution >= 4 is 17.8 Å². The number of rotatable bonds is 12. The van der Waals surface area contributed by atoms with Gasteiger partial charge in [0, 0.05) is 11.8 Å². The molecule has 3 rings (SSSR count). The molecule has 1 aromatic heterocycles. The third kappa shape index (κ3) is 6.19. The fraction of sp³-hybridized carbons (Fsp3) is 0.500. The van der Waals surface area contributed by atoms with Crippen LogP contribution >= 0.6 is 0 Å². The topological polar surface area (TPSA) is 131 Å². The quantitative estimate of drug-likeness (QED) is 0.416. The summed E-state index contributed by atoms with van der Waals surface area (Å²) >= 11 is 0. The Bertz CT molecular complexity index is 952. The van der Waals surface area contributed by atoms with Crippen molar-refractivity contribution in [1.82, 2.24) is 15.3 Å². The first-order valence-corrected chi connectivity index (χ1v) is 11.3. The number of hydrogen-bond donors (Lipinski definition) is 3. The smallest absolute Gasteiger partial charge is 0.337 e. The van der Waals surface area contributed by atoms with Crippen molar-refractivity contribution in [1.29, 1.82) is 0 Å². The first-order valence-electron chi connectivity index (χ1n) is 11.3. The average Bonchev–Trinajstić information content (AvgIpc) is 3.47. The highest BCUT2D eigenvalue weighted by atomic mass is 16.7. The van der Waals surface area contributed by atoms with E-state index in [-0.39, 0.29) is 13.0 Å². The van der Waals surface area contributed by atoms with Crippen molar-refractivity contribution in [2.75, 3.05) is 0 Å². The number of hydroxylamine groups is 1. The Morgan fingerprint density at radius 3 is 2.42 bits per heavy atom. The Kier molecular flexibility index (Phi) is 8.21. The first kappa shape index (κ1) is 24.4. The predicted octanol–water partition coefficient (Wildman–Crippen LogP) is 3.50. The molecule has 0 bridgehead atoms. The molecule has 1 amide bonds. The zero-order chi connectivity index (χ0) is 23.8. The predicted molar refractivity (Wildman–Crippen MR) is 120 cm³/mol. The fourth-order valence-electron chi connectivity index (χ4n) is 4.52. The molecular formula is C24H31N3O6. The van der Waals surface area contributed by atoms with E-state index in [0.29, 0.717) is 25.7 Å². The molecule has 0 saturated heterocycles. The van der Waals surface area contributed by atoms with Crippen molar-refractivity contribution in [3.8, 4) is 11.1 Å². The maximum Gasteiger partial charge on any atom is 0.337 e. The molecule has 0 aliphatic heterocycles. The molecule has 33 heavy (non-hydrogen) atoms. The van der Waals surface area contributed by atoms with Crippen molar-refractivity contribution < 1.29 is 29.4 Å². The van der Waals surface area contributed by atoms with Gasteiger partial charge in [-0.2, -0.15) is 5.10 Å². The second-order valence-corrected chi connectivity index (χ2v) is 8.71. The molecule has 1 saturated carbocycles. The molecular weight excluding hydrogens is 426 g/mol. The van der Waals surface area contributed by atoms with E-state index in [1.807, 2.05) is 37.3 Å². The summed E-state index contributed by atoms with van der Waals surface area (Å²) in [5, 5.41) is 23.4. The SMILES string of the molecule is CCC[C@H](CC1(C(=O)NO[C@@H](Cn2cc(-c3ccccc3)cn2)C(=O)O)CCCC1)C(=O)O. The minimum atomic E-state index is -1.35. The summed E-state index contributed by atoms with van der Waals surface area (Å²) in [5.41, 5.74) is 3.27. The molecule has 1 aromatic carbocycles. The number of aliphatic carboxylic acids is 2. The molecule has 0 spiro atoms. The van der Waals surface area contributed by atoms with Crippen LogP contribution in [-0.2, 0) is 25.8 Å². The molecule has 1 aliphatic carbocycles. The van der Waals surface area contributed by atoms with Gasteiger partial charge in [0.2, 0.25) is 12.0 Å². The molecule has 2 atom stereocenters. The minimum Gasteiger partial charge on any atom is -0.481 e. The monoisotopic (exact) mass is 457 g/mol. The lowest BCUT2D eigenvalue weighted by Gasteiger charge is -2.30. The molecule has 3 N–H and O–H groups in total. The van der Waals surface area contributed by atoms with Crippen molar-refractivity contribution in [3.63, 3.8) is 0 Å². The third-order valence-corrected chi connectivity index (χ3v) is 6.33. The number of nitrogens with one attached hydrogen (secondary N) is 1. The van der Waals surface area contributed by atoms with E-state index in [2.05, 4.69) is 10.6 Å². The molecule has 1 fully saturated rings. The van der Waals surface area contributed by atoms with Crippen LogP contribution in [-0.4, -0.2) is 43.9 Å². The maximum atomic E-state index is 13.1. The summed E-state index contributed by atoms with van der Waals surface area (Å²) in [5.74, 6) is -3.20. The van der Waals surface area contributed by atoms with Crippen LogP contribution in [0.3, 0.4) is 0 Å². The number of benzene rings is 1. The number of hydrogen-bond acceptors (Lipinski definition) is 5. The normalized spacial score (nSPS) is 16.8. The van der Waals surface area contributed by atoms with Crippen molar-refractivity contribution in [3.05, 3.63) is 42.7 Å². The van der Waals surface area contributed by atoms with Crippen LogP contribution < -0.4 is 5.48 Å². The van der Waals surface area contributed by atoms with Crippen LogP contribution in [0.1, 0.15) is 51.9 Å². The second-order valence-electron chi connectivity index (χ2n) is 8.71. The zero-order valence-corrected chi connectivity index (χ0v) is 18.8. The van der Waals surface area contributed by atoms with E-state index in [1.54, 1.807) is 12.4 Å². The first-order chi connectivity index (χ1) is 15.8. The van der Waals surface area contributed by atoms with Gasteiger partial charge in [0.15, 0.2) is 0 Å². The van der Waals surface area contributed by atoms with Crippen molar-refractivity contribution in [2.45, 2.75) is 64.5 Å². The summed E-state index contributed by atoms with van der Waals surface area (Å²) in [4.78, 5) is 41.8. The van der Waals surface area contributed by atoms with E-state index >= 15 is 0 Å². The van der Waals surface area contributed by atoms with Gasteiger partial charge in [-0.25, -0.2) is 10.3 Å². The summed E-state index contributed by atoms with van der Waals surface area (Å²) in [6.07, 6.45) is 6.21. The summed E-state index contributed by atoms with van der Waals surface area (Å²) in [6.45, 7) is 1.82. The highest BCUT2D eigenvalue weighted by Gasteiger charge is 2.44. The maximum absolute atomic E-state index is 13.1. The Balaban J connectivity index is 1.65. The van der Waals surface area contributed by atoms with Crippen LogP contribution in [0.4, 0.5) is 0 Å². The highest BCUT2D eigenvalue weighted by molar-refractivity contribution is 5.83. The van der Waals surface area contributed by atoms with Gasteiger partial charge in [0.1, 0.15) is 0 Å². The van der Waals surface area contributed by atoms with Gasteiger partial charge in [0.25, 0.3) is 0 Å². The van der Waals surface area contributed by atoms with Gasteiger partial charge >= 0.3 is 11.9 Å². The molecule has 0 radical (unpaired) electrons. The van der Waals surface area contributed by atoms with Crippen LogP contribution in [0.5, 0.6) is 0 Å². The lowest BCUT2D eigenvalue weighted by molar-refractivity contribution is -0.166. The average molecular weight is 458 g/mol. The number of carboxylic acids is 2. The highest BCUT2D eigenvalue weighted by Crippen LogP contribution is 2.44. The minimum absolute atomic E-state index is 0.0942. The van der Waals surface area contributed by atoms with E-state index in [1.165, 1.54) is 4.68 Å². The van der Waals surface area contributed by atoms with Crippen LogP contribution in [0, 0.1) is 11.3 Å². The summed E-state index contributed by atoms with van der Waals surface area (Å²) in [7, 11) is 0. The molecule has 178 valence electrons. The summed E-state index contributed by atoms with van der Waals surface area (Å²) in [6, 6.07) is 9.57. The molecule has 9 nitrogen and oxygen atoms in total. The van der Waals surface area contributed by atoms with Gasteiger partial charge in [0.05, 0.1) is 24.1 Å². The van der Waals surface area contributed by atoms with Gasteiger partial charge in [-0.3, -0.25) is 19.1 Å². The molecule has 0 unspecified atom stereocenters. The lowest BCUT2D eigenvalue weighted by Crippen LogP contribution is -2.45. The van der Waals surface area contributed by atoms with E-state index in [9.17, 15) is 24.6 Å². The molecule has 9 heteroatoms. The second kappa shape index (κ2) is 11.1. The van der Waals surface area contributed by atoms with Gasteiger partial charge < -0.3 is 10.2 Å². The summed E-state index contributed by atoms with van der Waals surface area (Å²) < 4.78 is 1.46. The number of nitrogens with zero attached hydrogens (tertiary/aromatic N) is 2. The van der Waals surface area contributed by atoms with Crippen LogP contribution in [0.25, 0.3) is 11.1 Å². The number of aromatic nitrogens is 2. The standard InChI is InChI=1S/C24H31N3O6/c1-2-8-18(21(28)29)13-24(11-6-7-12-24)23(32)26-33-20(22(30)31)16-27-15-19(14-25-27)17-9-4-3-5-10-17/h3-5,9-10,14-15,18,20H,2,6-8,11-13,16H2,1H3,(H,26,32)(H,28,29)(H,30,31)/t18-,20+/m1/s1. The van der Waals surface area contributed by atoms with E-state index < -0.39 is 35.3 Å². The number of carboxylic acid groups (broad SMARTS) is 2. The number of carbonyl (C=O) groups is 3. The lowest BCUT2D eigenvalue weighted by atomic mass is 9.76. The Labute approximate surface area is 192 Å².